The predicted molar refractivity (Wildman–Crippen MR) is 68.9 cm³/mol. The van der Waals surface area contributed by atoms with E-state index in [1.807, 2.05) is 6.92 Å². The second kappa shape index (κ2) is 5.61. The van der Waals surface area contributed by atoms with Crippen LogP contribution in [0.5, 0.6) is 11.5 Å². The van der Waals surface area contributed by atoms with E-state index in [1.54, 1.807) is 18.2 Å². The van der Waals surface area contributed by atoms with Crippen LogP contribution in [0.2, 0.25) is 0 Å². The van der Waals surface area contributed by atoms with Crippen molar-refractivity contribution in [2.75, 3.05) is 13.2 Å². The lowest BCUT2D eigenvalue weighted by Gasteiger charge is -2.15. The first-order valence-corrected chi connectivity index (χ1v) is 6.87. The van der Waals surface area contributed by atoms with Gasteiger partial charge < -0.3 is 9.47 Å². The average molecular weight is 339 g/mol. The number of halogens is 4. The van der Waals surface area contributed by atoms with E-state index in [0.717, 1.165) is 0 Å². The number of hydrogen-bond acceptors (Lipinski definition) is 2. The number of rotatable bonds is 2. The highest BCUT2D eigenvalue weighted by molar-refractivity contribution is 9.09. The van der Waals surface area contributed by atoms with Gasteiger partial charge in [-0.25, -0.2) is 0 Å². The smallest absolute Gasteiger partial charge is 0.390 e. The molecule has 0 N–H and O–H groups in total. The maximum absolute atomic E-state index is 12.4. The van der Waals surface area contributed by atoms with E-state index >= 15 is 0 Å². The van der Waals surface area contributed by atoms with Crippen molar-refractivity contribution in [2.24, 2.45) is 5.92 Å². The molecule has 0 aliphatic carbocycles. The van der Waals surface area contributed by atoms with E-state index in [9.17, 15) is 13.2 Å². The minimum absolute atomic E-state index is 0.255. The second-order valence-corrected chi connectivity index (χ2v) is 5.83. The van der Waals surface area contributed by atoms with Crippen molar-refractivity contribution in [3.05, 3.63) is 23.8 Å². The highest BCUT2D eigenvalue weighted by Gasteiger charge is 2.31. The minimum atomic E-state index is -4.20. The molecule has 1 aromatic carbocycles. The standard InChI is InChI=1S/C13H14BrF3O2/c1-8-6-18-11-3-2-9(4-12(11)19-7-8)10(14)5-13(15,16)17/h2-4,8,10H,5-7H2,1H3. The van der Waals surface area contributed by atoms with Gasteiger partial charge in [-0.2, -0.15) is 13.2 Å². The molecule has 0 aromatic heterocycles. The lowest BCUT2D eigenvalue weighted by molar-refractivity contribution is -0.134. The van der Waals surface area contributed by atoms with Crippen LogP contribution in [0, 0.1) is 5.92 Å². The van der Waals surface area contributed by atoms with Crippen molar-refractivity contribution >= 4 is 15.9 Å². The third-order valence-corrected chi connectivity index (χ3v) is 3.64. The fourth-order valence-corrected chi connectivity index (χ4v) is 2.44. The van der Waals surface area contributed by atoms with Gasteiger partial charge in [0.1, 0.15) is 0 Å². The summed E-state index contributed by atoms with van der Waals surface area (Å²) in [6.07, 6.45) is -5.12. The molecule has 0 fully saturated rings. The Balaban J connectivity index is 2.17. The first kappa shape index (κ1) is 14.5. The summed E-state index contributed by atoms with van der Waals surface area (Å²) >= 11 is 3.06. The average Bonchev–Trinajstić information content (AvgIpc) is 2.49. The summed E-state index contributed by atoms with van der Waals surface area (Å²) in [6.45, 7) is 3.04. The van der Waals surface area contributed by atoms with E-state index < -0.39 is 17.4 Å². The topological polar surface area (TPSA) is 18.5 Å². The Labute approximate surface area is 118 Å². The molecule has 0 amide bonds. The van der Waals surface area contributed by atoms with Gasteiger partial charge in [0.15, 0.2) is 11.5 Å². The van der Waals surface area contributed by atoms with E-state index in [-0.39, 0.29) is 5.92 Å². The third kappa shape index (κ3) is 4.03. The fraction of sp³-hybridized carbons (Fsp3) is 0.538. The number of fused-ring (bicyclic) bond motifs is 1. The largest absolute Gasteiger partial charge is 0.489 e. The van der Waals surface area contributed by atoms with Gasteiger partial charge >= 0.3 is 6.18 Å². The fourth-order valence-electron chi connectivity index (χ4n) is 1.78. The Bertz CT molecular complexity index is 448. The minimum Gasteiger partial charge on any atom is -0.489 e. The summed E-state index contributed by atoms with van der Waals surface area (Å²) in [7, 11) is 0. The molecule has 2 nitrogen and oxygen atoms in total. The van der Waals surface area contributed by atoms with Crippen LogP contribution in [0.4, 0.5) is 13.2 Å². The van der Waals surface area contributed by atoms with Crippen molar-refractivity contribution in [1.82, 2.24) is 0 Å². The van der Waals surface area contributed by atoms with Gasteiger partial charge in [-0.3, -0.25) is 0 Å². The molecule has 0 bridgehead atoms. The molecule has 1 heterocycles. The van der Waals surface area contributed by atoms with Crippen molar-refractivity contribution < 1.29 is 22.6 Å². The monoisotopic (exact) mass is 338 g/mol. The van der Waals surface area contributed by atoms with Crippen molar-refractivity contribution in [3.63, 3.8) is 0 Å². The summed E-state index contributed by atoms with van der Waals surface area (Å²) in [5.41, 5.74) is 0.536. The summed E-state index contributed by atoms with van der Waals surface area (Å²) < 4.78 is 48.2. The van der Waals surface area contributed by atoms with Crippen LogP contribution in [0.1, 0.15) is 23.7 Å². The molecule has 1 aliphatic heterocycles. The SMILES string of the molecule is CC1COc2ccc(C(Br)CC(F)(F)F)cc2OC1. The zero-order valence-corrected chi connectivity index (χ0v) is 11.9. The molecular formula is C13H14BrF3O2. The normalized spacial score (nSPS) is 20.8. The molecule has 0 radical (unpaired) electrons. The van der Waals surface area contributed by atoms with Gasteiger partial charge in [0, 0.05) is 10.7 Å². The highest BCUT2D eigenvalue weighted by atomic mass is 79.9. The zero-order chi connectivity index (χ0) is 14.0. The summed E-state index contributed by atoms with van der Waals surface area (Å²) in [4.78, 5) is -0.776. The molecule has 1 aliphatic rings. The van der Waals surface area contributed by atoms with Crippen LogP contribution in [-0.2, 0) is 0 Å². The van der Waals surface area contributed by atoms with Gasteiger partial charge in [0.05, 0.1) is 19.6 Å². The Morgan fingerprint density at radius 3 is 2.53 bits per heavy atom. The maximum atomic E-state index is 12.4. The number of alkyl halides is 4. The van der Waals surface area contributed by atoms with Gasteiger partial charge in [-0.05, 0) is 17.7 Å². The molecule has 6 heteroatoms. The second-order valence-electron chi connectivity index (χ2n) is 4.72. The molecule has 0 saturated heterocycles. The van der Waals surface area contributed by atoms with Crippen LogP contribution in [0.15, 0.2) is 18.2 Å². The predicted octanol–water partition coefficient (Wildman–Crippen LogP) is 4.48. The molecular weight excluding hydrogens is 325 g/mol. The molecule has 0 spiro atoms. The Morgan fingerprint density at radius 2 is 1.89 bits per heavy atom. The number of hydrogen-bond donors (Lipinski definition) is 0. The lowest BCUT2D eigenvalue weighted by Crippen LogP contribution is -2.12. The van der Waals surface area contributed by atoms with Gasteiger partial charge in [-0.1, -0.05) is 28.9 Å². The summed E-state index contributed by atoms with van der Waals surface area (Å²) in [5, 5.41) is 0. The molecule has 0 saturated carbocycles. The maximum Gasteiger partial charge on any atom is 0.390 e. The molecule has 1 aromatic rings. The first-order chi connectivity index (χ1) is 8.85. The first-order valence-electron chi connectivity index (χ1n) is 5.95. The van der Waals surface area contributed by atoms with Crippen LogP contribution < -0.4 is 9.47 Å². The van der Waals surface area contributed by atoms with E-state index in [4.69, 9.17) is 9.47 Å². The molecule has 2 atom stereocenters. The van der Waals surface area contributed by atoms with Crippen molar-refractivity contribution in [2.45, 2.75) is 24.3 Å². The Hall–Kier alpha value is -0.910. The Morgan fingerprint density at radius 1 is 1.26 bits per heavy atom. The van der Waals surface area contributed by atoms with Crippen LogP contribution >= 0.6 is 15.9 Å². The lowest BCUT2D eigenvalue weighted by atomic mass is 10.1. The quantitative estimate of drug-likeness (QED) is 0.740. The Kier molecular flexibility index (Phi) is 4.28. The van der Waals surface area contributed by atoms with Gasteiger partial charge in [0.25, 0.3) is 0 Å². The van der Waals surface area contributed by atoms with Gasteiger partial charge in [-0.15, -0.1) is 0 Å². The molecule has 19 heavy (non-hydrogen) atoms. The summed E-state index contributed by atoms with van der Waals surface area (Å²) in [5.74, 6) is 1.35. The van der Waals surface area contributed by atoms with Gasteiger partial charge in [0.2, 0.25) is 0 Å². The van der Waals surface area contributed by atoms with Crippen LogP contribution in [-0.4, -0.2) is 19.4 Å². The van der Waals surface area contributed by atoms with E-state index in [0.29, 0.717) is 30.3 Å². The third-order valence-electron chi connectivity index (χ3n) is 2.79. The molecule has 2 unspecified atom stereocenters. The highest BCUT2D eigenvalue weighted by Crippen LogP contribution is 2.39. The van der Waals surface area contributed by atoms with E-state index in [1.165, 1.54) is 0 Å². The molecule has 2 rings (SSSR count). The van der Waals surface area contributed by atoms with Crippen LogP contribution in [0.3, 0.4) is 0 Å². The number of ether oxygens (including phenoxy) is 2. The van der Waals surface area contributed by atoms with Crippen molar-refractivity contribution in [3.8, 4) is 11.5 Å². The molecule has 106 valence electrons. The van der Waals surface area contributed by atoms with Crippen LogP contribution in [0.25, 0.3) is 0 Å². The zero-order valence-electron chi connectivity index (χ0n) is 10.3. The van der Waals surface area contributed by atoms with E-state index in [2.05, 4.69) is 15.9 Å². The number of benzene rings is 1. The van der Waals surface area contributed by atoms with Crippen molar-refractivity contribution in [1.29, 1.82) is 0 Å². The summed E-state index contributed by atoms with van der Waals surface area (Å²) in [6, 6.07) is 4.90.